The van der Waals surface area contributed by atoms with Crippen molar-refractivity contribution < 1.29 is 0 Å². The third kappa shape index (κ3) is 6.87. The van der Waals surface area contributed by atoms with Crippen molar-refractivity contribution in [2.24, 2.45) is 0 Å². The van der Waals surface area contributed by atoms with Gasteiger partial charge in [-0.25, -0.2) is 0 Å². The first-order valence-corrected chi connectivity index (χ1v) is 26.5. The Hall–Kier alpha value is -10.1. The highest BCUT2D eigenvalue weighted by Gasteiger charge is 2.47. The van der Waals surface area contributed by atoms with Gasteiger partial charge in [0.25, 0.3) is 6.71 Å². The zero-order valence-electron chi connectivity index (χ0n) is 41.8. The Bertz CT molecular complexity index is 4490. The fourth-order valence-corrected chi connectivity index (χ4v) is 12.7. The Morgan fingerprint density at radius 1 is 0.286 bits per heavy atom. The first-order chi connectivity index (χ1) is 38.2. The molecule has 3 heterocycles. The van der Waals surface area contributed by atoms with Crippen LogP contribution in [0.4, 0.5) is 34.1 Å². The minimum absolute atomic E-state index is 0.293. The van der Waals surface area contributed by atoms with Crippen molar-refractivity contribution in [1.29, 1.82) is 0 Å². The van der Waals surface area contributed by atoms with E-state index in [1.54, 1.807) is 0 Å². The largest absolute Gasteiger partial charge is 0.311 e. The molecule has 0 N–H and O–H groups in total. The molecule has 16 rings (SSSR count). The van der Waals surface area contributed by atoms with Gasteiger partial charge in [0.2, 0.25) is 0 Å². The number of anilines is 6. The van der Waals surface area contributed by atoms with E-state index in [9.17, 15) is 0 Å². The van der Waals surface area contributed by atoms with Crippen LogP contribution in [0.3, 0.4) is 0 Å². The molecule has 1 aromatic heterocycles. The third-order valence-corrected chi connectivity index (χ3v) is 16.1. The molecule has 2 aliphatic heterocycles. The minimum atomic E-state index is -0.293. The molecule has 0 aliphatic carbocycles. The van der Waals surface area contributed by atoms with Gasteiger partial charge >= 0.3 is 0 Å². The van der Waals surface area contributed by atoms with Crippen molar-refractivity contribution in [3.63, 3.8) is 0 Å². The average molecular weight is 977 g/mol. The van der Waals surface area contributed by atoms with Crippen LogP contribution in [0.1, 0.15) is 0 Å². The van der Waals surface area contributed by atoms with Crippen LogP contribution < -0.4 is 26.3 Å². The van der Waals surface area contributed by atoms with Crippen LogP contribution in [0.25, 0.3) is 98.9 Å². The number of benzene rings is 13. The lowest BCUT2D eigenvalue weighted by molar-refractivity contribution is 1.09. The molecule has 14 aromatic rings. The molecule has 0 saturated carbocycles. The van der Waals surface area contributed by atoms with E-state index >= 15 is 0 Å². The first kappa shape index (κ1) is 43.3. The van der Waals surface area contributed by atoms with Crippen molar-refractivity contribution in [1.82, 2.24) is 10.2 Å². The number of fused-ring (bicyclic) bond motifs is 7. The number of aromatic nitrogens is 2. The van der Waals surface area contributed by atoms with Gasteiger partial charge in [0, 0.05) is 39.2 Å². The summed E-state index contributed by atoms with van der Waals surface area (Å²) in [6.45, 7) is -0.293. The summed E-state index contributed by atoms with van der Waals surface area (Å²) in [6, 6.07) is 100. The monoisotopic (exact) mass is 976 g/mol. The summed E-state index contributed by atoms with van der Waals surface area (Å²) < 4.78 is 0. The molecule has 0 radical (unpaired) electrons. The molecular weight excluding hydrogens is 932 g/mol. The summed E-state index contributed by atoms with van der Waals surface area (Å²) in [5.74, 6) is 0. The van der Waals surface area contributed by atoms with E-state index < -0.39 is 0 Å². The standard InChI is InChI=1S/C72H45BN4/c1-6-19-46(20-7-1)54-37-55(47-21-8-2-9-22-47)40-59(39-54)76-65-44-58(50-27-14-5-15-28-50)45-66-69(65)73(63-43-53-34-33-51-29-18-30-52-35-36-62(70(63)76)68(53)67(51)52)72-71(61-31-16-17-32-64(61)74-75-72)77(66)60-41-56(48-23-10-3-11-24-48)38-57(42-60)49-25-12-4-13-26-49/h1-45H. The van der Waals surface area contributed by atoms with Gasteiger partial charge in [0.15, 0.2) is 0 Å². The number of hydrogen-bond acceptors (Lipinski definition) is 4. The van der Waals surface area contributed by atoms with Crippen LogP contribution in [0, 0.1) is 0 Å². The van der Waals surface area contributed by atoms with Gasteiger partial charge in [0.05, 0.1) is 16.8 Å². The summed E-state index contributed by atoms with van der Waals surface area (Å²) in [6.07, 6.45) is 0. The first-order valence-electron chi connectivity index (χ1n) is 26.5. The van der Waals surface area contributed by atoms with E-state index in [0.717, 1.165) is 106 Å². The van der Waals surface area contributed by atoms with Crippen molar-refractivity contribution in [3.8, 4) is 55.6 Å². The van der Waals surface area contributed by atoms with Crippen LogP contribution in [-0.2, 0) is 0 Å². The van der Waals surface area contributed by atoms with E-state index in [4.69, 9.17) is 10.2 Å². The fraction of sp³-hybridized carbons (Fsp3) is 0. The maximum Gasteiger partial charge on any atom is 0.277 e. The average Bonchev–Trinajstić information content (AvgIpc) is 3.70. The lowest BCUT2D eigenvalue weighted by Crippen LogP contribution is -2.62. The Morgan fingerprint density at radius 2 is 0.714 bits per heavy atom. The second kappa shape index (κ2) is 17.2. The summed E-state index contributed by atoms with van der Waals surface area (Å²) in [4.78, 5) is 5.13. The van der Waals surface area contributed by atoms with Crippen molar-refractivity contribution >= 4 is 101 Å². The van der Waals surface area contributed by atoms with Gasteiger partial charge in [-0.2, -0.15) is 10.2 Å². The van der Waals surface area contributed by atoms with Crippen LogP contribution >= 0.6 is 0 Å². The Kier molecular flexibility index (Phi) is 9.70. The normalized spacial score (nSPS) is 12.6. The molecule has 5 heteroatoms. The topological polar surface area (TPSA) is 32.3 Å². The summed E-state index contributed by atoms with van der Waals surface area (Å²) in [5, 5.41) is 19.1. The molecule has 0 amide bonds. The molecule has 0 fully saturated rings. The zero-order valence-corrected chi connectivity index (χ0v) is 41.8. The maximum absolute atomic E-state index is 5.46. The highest BCUT2D eigenvalue weighted by atomic mass is 15.2. The smallest absolute Gasteiger partial charge is 0.277 e. The highest BCUT2D eigenvalue weighted by Crippen LogP contribution is 2.52. The number of hydrogen-bond donors (Lipinski definition) is 0. The van der Waals surface area contributed by atoms with Crippen LogP contribution in [-0.4, -0.2) is 16.9 Å². The molecule has 2 aliphatic rings. The molecular formula is C72H45BN4. The summed E-state index contributed by atoms with van der Waals surface area (Å²) in [7, 11) is 0. The van der Waals surface area contributed by atoms with Crippen LogP contribution in [0.5, 0.6) is 0 Å². The summed E-state index contributed by atoms with van der Waals surface area (Å²) >= 11 is 0. The molecule has 0 spiro atoms. The molecule has 0 unspecified atom stereocenters. The lowest BCUT2D eigenvalue weighted by Gasteiger charge is -2.44. The Balaban J connectivity index is 1.08. The molecule has 0 saturated heterocycles. The van der Waals surface area contributed by atoms with Gasteiger partial charge in [-0.1, -0.05) is 218 Å². The van der Waals surface area contributed by atoms with E-state index in [0.29, 0.717) is 0 Å². The van der Waals surface area contributed by atoms with Gasteiger partial charge in [-0.3, -0.25) is 0 Å². The second-order valence-corrected chi connectivity index (χ2v) is 20.5. The molecule has 0 atom stereocenters. The van der Waals surface area contributed by atoms with Gasteiger partial charge in [-0.05, 0) is 148 Å². The molecule has 77 heavy (non-hydrogen) atoms. The predicted octanol–water partition coefficient (Wildman–Crippen LogP) is 16.9. The minimum Gasteiger partial charge on any atom is -0.311 e. The highest BCUT2D eigenvalue weighted by molar-refractivity contribution is 7.00. The molecule has 4 nitrogen and oxygen atoms in total. The van der Waals surface area contributed by atoms with Gasteiger partial charge in [0.1, 0.15) is 0 Å². The second-order valence-electron chi connectivity index (χ2n) is 20.5. The number of nitrogens with zero attached hydrogens (tertiary/aromatic N) is 4. The summed E-state index contributed by atoms with van der Waals surface area (Å²) in [5.41, 5.74) is 22.1. The fourth-order valence-electron chi connectivity index (χ4n) is 12.7. The van der Waals surface area contributed by atoms with Gasteiger partial charge < -0.3 is 9.80 Å². The Morgan fingerprint density at radius 3 is 1.22 bits per heavy atom. The molecule has 13 aromatic carbocycles. The third-order valence-electron chi connectivity index (χ3n) is 16.1. The zero-order chi connectivity index (χ0) is 50.6. The van der Waals surface area contributed by atoms with Gasteiger partial charge in [-0.15, -0.1) is 0 Å². The maximum atomic E-state index is 5.46. The van der Waals surface area contributed by atoms with E-state index in [1.165, 1.54) is 43.2 Å². The molecule has 0 bridgehead atoms. The SMILES string of the molecule is c1ccc(-c2cc(-c3ccccc3)cc(N3c4cc(-c5ccccc5)cc5c4B(c4cc6ccc7cccc8ccc(c4N5c4cc(-c5ccccc5)cc(-c5ccccc5)c4)c6c78)c4nnc5ccccc5c43)c2)cc1. The van der Waals surface area contributed by atoms with Crippen molar-refractivity contribution in [2.75, 3.05) is 9.80 Å². The van der Waals surface area contributed by atoms with E-state index in [-0.39, 0.29) is 6.71 Å². The predicted molar refractivity (Wildman–Crippen MR) is 324 cm³/mol. The van der Waals surface area contributed by atoms with E-state index in [1.807, 2.05) is 0 Å². The quantitative estimate of drug-likeness (QED) is 0.118. The van der Waals surface area contributed by atoms with Crippen LogP contribution in [0.15, 0.2) is 273 Å². The van der Waals surface area contributed by atoms with Crippen molar-refractivity contribution in [2.45, 2.75) is 0 Å². The van der Waals surface area contributed by atoms with Crippen LogP contribution in [0.2, 0.25) is 0 Å². The van der Waals surface area contributed by atoms with E-state index in [2.05, 4.69) is 283 Å². The lowest BCUT2D eigenvalue weighted by atomic mass is 9.34. The number of rotatable bonds is 7. The molecule has 356 valence electrons. The van der Waals surface area contributed by atoms with Crippen molar-refractivity contribution in [3.05, 3.63) is 273 Å². The Labute approximate surface area is 446 Å².